The lowest BCUT2D eigenvalue weighted by Gasteiger charge is -2.11. The maximum atomic E-state index is 12.4. The van der Waals surface area contributed by atoms with Crippen LogP contribution in [-0.4, -0.2) is 26.6 Å². The lowest BCUT2D eigenvalue weighted by molar-refractivity contribution is 0.0921. The molecule has 0 aliphatic heterocycles. The van der Waals surface area contributed by atoms with E-state index in [2.05, 4.69) is 0 Å². The van der Waals surface area contributed by atoms with Crippen LogP contribution in [0, 0.1) is 6.92 Å². The smallest absolute Gasteiger partial charge is 0.336 e. The Morgan fingerprint density at radius 2 is 1.78 bits per heavy atom. The van der Waals surface area contributed by atoms with Crippen molar-refractivity contribution >= 4 is 28.4 Å². The molecule has 0 bridgehead atoms. The standard InChI is InChI=1S/C20H17ClO6/c1-11-6-20(23)27-17-9-18(14(21)8-13(11)17)26-10-15(22)12-4-5-16(24-2)19(7-12)25-3/h4-9H,10H2,1-3H3. The predicted molar refractivity (Wildman–Crippen MR) is 102 cm³/mol. The highest BCUT2D eigenvalue weighted by atomic mass is 35.5. The number of benzene rings is 2. The first-order valence-electron chi connectivity index (χ1n) is 8.05. The van der Waals surface area contributed by atoms with Crippen LogP contribution in [0.3, 0.4) is 0 Å². The molecule has 7 heteroatoms. The van der Waals surface area contributed by atoms with E-state index in [1.54, 1.807) is 31.2 Å². The third-order valence-corrected chi connectivity index (χ3v) is 4.36. The Morgan fingerprint density at radius 3 is 2.48 bits per heavy atom. The highest BCUT2D eigenvalue weighted by Crippen LogP contribution is 2.31. The van der Waals surface area contributed by atoms with Crippen LogP contribution >= 0.6 is 11.6 Å². The zero-order chi connectivity index (χ0) is 19.6. The molecule has 0 saturated carbocycles. The van der Waals surface area contributed by atoms with Crippen LogP contribution in [-0.2, 0) is 0 Å². The average Bonchev–Trinajstić information content (AvgIpc) is 2.66. The van der Waals surface area contributed by atoms with Crippen molar-refractivity contribution in [2.45, 2.75) is 6.92 Å². The molecule has 0 aliphatic rings. The van der Waals surface area contributed by atoms with E-state index in [0.717, 1.165) is 5.56 Å². The fourth-order valence-electron chi connectivity index (χ4n) is 2.67. The van der Waals surface area contributed by atoms with Crippen molar-refractivity contribution in [3.63, 3.8) is 0 Å². The molecule has 0 unspecified atom stereocenters. The van der Waals surface area contributed by atoms with Gasteiger partial charge in [0.1, 0.15) is 11.3 Å². The lowest BCUT2D eigenvalue weighted by Crippen LogP contribution is -2.12. The van der Waals surface area contributed by atoms with Crippen molar-refractivity contribution < 1.29 is 23.4 Å². The summed E-state index contributed by atoms with van der Waals surface area (Å²) in [6, 6.07) is 9.39. The monoisotopic (exact) mass is 388 g/mol. The first-order valence-corrected chi connectivity index (χ1v) is 8.42. The van der Waals surface area contributed by atoms with Gasteiger partial charge in [0.2, 0.25) is 0 Å². The van der Waals surface area contributed by atoms with Gasteiger partial charge in [0.05, 0.1) is 19.2 Å². The molecule has 27 heavy (non-hydrogen) atoms. The highest BCUT2D eigenvalue weighted by molar-refractivity contribution is 6.32. The van der Waals surface area contributed by atoms with Crippen LogP contribution < -0.4 is 19.8 Å². The molecule has 0 fully saturated rings. The Morgan fingerprint density at radius 1 is 1.04 bits per heavy atom. The Bertz CT molecular complexity index is 1070. The van der Waals surface area contributed by atoms with Gasteiger partial charge in [0.25, 0.3) is 0 Å². The number of carbonyl (C=O) groups is 1. The third kappa shape index (κ3) is 3.90. The van der Waals surface area contributed by atoms with Gasteiger partial charge in [-0.1, -0.05) is 11.6 Å². The molecule has 3 rings (SSSR count). The normalized spacial score (nSPS) is 10.7. The van der Waals surface area contributed by atoms with Crippen LogP contribution in [0.1, 0.15) is 15.9 Å². The SMILES string of the molecule is COc1ccc(C(=O)COc2cc3oc(=O)cc(C)c3cc2Cl)cc1OC. The quantitative estimate of drug-likeness (QED) is 0.468. The molecule has 0 saturated heterocycles. The van der Waals surface area contributed by atoms with E-state index < -0.39 is 5.63 Å². The van der Waals surface area contributed by atoms with Gasteiger partial charge >= 0.3 is 5.63 Å². The van der Waals surface area contributed by atoms with Crippen molar-refractivity contribution in [3.05, 3.63) is 63.0 Å². The van der Waals surface area contributed by atoms with Crippen molar-refractivity contribution in [1.82, 2.24) is 0 Å². The predicted octanol–water partition coefficient (Wildman–Crippen LogP) is 4.03. The van der Waals surface area contributed by atoms with Crippen molar-refractivity contribution in [1.29, 1.82) is 0 Å². The van der Waals surface area contributed by atoms with Gasteiger partial charge in [0, 0.05) is 23.1 Å². The summed E-state index contributed by atoms with van der Waals surface area (Å²) in [7, 11) is 3.01. The number of carbonyl (C=O) groups excluding carboxylic acids is 1. The maximum Gasteiger partial charge on any atom is 0.336 e. The fourth-order valence-corrected chi connectivity index (χ4v) is 2.88. The summed E-state index contributed by atoms with van der Waals surface area (Å²) in [6.45, 7) is 1.55. The largest absolute Gasteiger partial charge is 0.493 e. The molecule has 1 heterocycles. The van der Waals surface area contributed by atoms with Crippen LogP contribution in [0.5, 0.6) is 17.2 Å². The highest BCUT2D eigenvalue weighted by Gasteiger charge is 2.14. The second-order valence-corrected chi connectivity index (χ2v) is 6.22. The number of halogens is 1. The van der Waals surface area contributed by atoms with Crippen molar-refractivity contribution in [2.75, 3.05) is 20.8 Å². The van der Waals surface area contributed by atoms with Crippen LogP contribution in [0.4, 0.5) is 0 Å². The number of ketones is 1. The summed E-state index contributed by atoms with van der Waals surface area (Å²) in [5, 5.41) is 1.03. The molecule has 0 radical (unpaired) electrons. The summed E-state index contributed by atoms with van der Waals surface area (Å²) >= 11 is 6.24. The Kier molecular flexibility index (Phi) is 5.37. The molecule has 0 atom stereocenters. The maximum absolute atomic E-state index is 12.4. The van der Waals surface area contributed by atoms with E-state index in [4.69, 9.17) is 30.2 Å². The number of methoxy groups -OCH3 is 2. The molecule has 3 aromatic rings. The van der Waals surface area contributed by atoms with Gasteiger partial charge in [-0.15, -0.1) is 0 Å². The Hall–Kier alpha value is -2.99. The van der Waals surface area contributed by atoms with E-state index in [9.17, 15) is 9.59 Å². The van der Waals surface area contributed by atoms with E-state index in [0.29, 0.717) is 33.1 Å². The van der Waals surface area contributed by atoms with Gasteiger partial charge in [-0.25, -0.2) is 4.79 Å². The minimum atomic E-state index is -0.463. The molecule has 0 N–H and O–H groups in total. The van der Waals surface area contributed by atoms with Crippen molar-refractivity contribution in [2.24, 2.45) is 0 Å². The van der Waals surface area contributed by atoms with Crippen LogP contribution in [0.15, 0.2) is 45.6 Å². The number of aryl methyl sites for hydroxylation is 1. The minimum Gasteiger partial charge on any atom is -0.493 e. The molecule has 0 spiro atoms. The number of ether oxygens (including phenoxy) is 3. The fraction of sp³-hybridized carbons (Fsp3) is 0.200. The zero-order valence-corrected chi connectivity index (χ0v) is 15.8. The van der Waals surface area contributed by atoms with E-state index in [1.165, 1.54) is 26.4 Å². The molecule has 2 aromatic carbocycles. The number of hydrogen-bond donors (Lipinski definition) is 0. The molecule has 1 aromatic heterocycles. The van der Waals surface area contributed by atoms with Crippen molar-refractivity contribution in [3.8, 4) is 17.2 Å². The second-order valence-electron chi connectivity index (χ2n) is 5.81. The van der Waals surface area contributed by atoms with Gasteiger partial charge in [0.15, 0.2) is 23.9 Å². The summed E-state index contributed by atoms with van der Waals surface area (Å²) in [5.74, 6) is 0.965. The molecule has 140 valence electrons. The Balaban J connectivity index is 1.83. The molecule has 0 aliphatic carbocycles. The zero-order valence-electron chi connectivity index (χ0n) is 15.0. The van der Waals surface area contributed by atoms with E-state index in [-0.39, 0.29) is 18.1 Å². The summed E-state index contributed by atoms with van der Waals surface area (Å²) < 4.78 is 21.1. The number of rotatable bonds is 6. The molecule has 0 amide bonds. The number of fused-ring (bicyclic) bond motifs is 1. The molecular formula is C20H17ClO6. The molecule has 6 nitrogen and oxygen atoms in total. The summed E-state index contributed by atoms with van der Waals surface area (Å²) in [4.78, 5) is 24.0. The average molecular weight is 389 g/mol. The van der Waals surface area contributed by atoms with E-state index in [1.807, 2.05) is 0 Å². The first kappa shape index (κ1) is 18.8. The van der Waals surface area contributed by atoms with Gasteiger partial charge in [-0.05, 0) is 36.8 Å². The topological polar surface area (TPSA) is 75.0 Å². The van der Waals surface area contributed by atoms with Crippen LogP contribution in [0.25, 0.3) is 11.0 Å². The number of Topliss-reactive ketones (excluding diaryl/α,β-unsaturated/α-hetero) is 1. The molecular weight excluding hydrogens is 372 g/mol. The van der Waals surface area contributed by atoms with Gasteiger partial charge in [-0.3, -0.25) is 4.79 Å². The Labute approximate surface area is 160 Å². The second kappa shape index (κ2) is 7.72. The summed E-state index contributed by atoms with van der Waals surface area (Å²) in [5.41, 5.74) is 1.04. The van der Waals surface area contributed by atoms with E-state index >= 15 is 0 Å². The van der Waals surface area contributed by atoms with Gasteiger partial charge < -0.3 is 18.6 Å². The summed E-state index contributed by atoms with van der Waals surface area (Å²) in [6.07, 6.45) is 0. The first-order chi connectivity index (χ1) is 12.9. The third-order valence-electron chi connectivity index (χ3n) is 4.07. The lowest BCUT2D eigenvalue weighted by atomic mass is 10.1. The minimum absolute atomic E-state index is 0.239. The van der Waals surface area contributed by atoms with Gasteiger partial charge in [-0.2, -0.15) is 0 Å². The number of hydrogen-bond acceptors (Lipinski definition) is 6. The van der Waals surface area contributed by atoms with Crippen LogP contribution in [0.2, 0.25) is 5.02 Å².